The van der Waals surface area contributed by atoms with Gasteiger partial charge in [-0.1, -0.05) is 23.7 Å². The normalized spacial score (nSPS) is 23.5. The molecule has 30 heavy (non-hydrogen) atoms. The second-order valence-electron chi connectivity index (χ2n) is 8.13. The minimum absolute atomic E-state index is 0.0620. The molecule has 9 heteroatoms. The van der Waals surface area contributed by atoms with Crippen LogP contribution >= 0.6 is 11.6 Å². The first kappa shape index (κ1) is 22.2. The number of carbonyl (C=O) groups excluding carboxylic acids is 2. The van der Waals surface area contributed by atoms with Crippen LogP contribution in [0.1, 0.15) is 32.3 Å². The van der Waals surface area contributed by atoms with Gasteiger partial charge < -0.3 is 14.8 Å². The van der Waals surface area contributed by atoms with E-state index in [0.717, 1.165) is 6.07 Å². The van der Waals surface area contributed by atoms with Crippen LogP contribution in [0.3, 0.4) is 0 Å². The lowest BCUT2D eigenvalue weighted by molar-refractivity contribution is -0.110. The maximum absolute atomic E-state index is 13.8. The summed E-state index contributed by atoms with van der Waals surface area (Å²) in [6.07, 6.45) is -0.560. The molecule has 1 saturated carbocycles. The average molecular weight is 454 g/mol. The number of benzene rings is 2. The molecule has 0 bridgehead atoms. The van der Waals surface area contributed by atoms with E-state index in [-0.39, 0.29) is 10.5 Å². The fourth-order valence-corrected chi connectivity index (χ4v) is 5.90. The van der Waals surface area contributed by atoms with Crippen LogP contribution in [-0.2, 0) is 19.4 Å². The van der Waals surface area contributed by atoms with Gasteiger partial charge in [0, 0.05) is 10.9 Å². The van der Waals surface area contributed by atoms with E-state index in [1.807, 2.05) is 0 Å². The molecule has 1 aliphatic carbocycles. The Morgan fingerprint density at radius 2 is 1.83 bits per heavy atom. The lowest BCUT2D eigenvalue weighted by Gasteiger charge is -2.22. The molecule has 160 valence electrons. The molecule has 0 radical (unpaired) electrons. The SMILES string of the molecule is CC(C)(C)OC(=O)N[C@@]1(C=O)[C@@H](c2cccc(F)c2)[C@@H]1S(=O)(=O)c1ccc(Cl)cc1. The number of hydrogen-bond donors (Lipinski definition) is 1. The van der Waals surface area contributed by atoms with Crippen LogP contribution in [0.5, 0.6) is 0 Å². The first-order valence-corrected chi connectivity index (χ1v) is 11.1. The Hall–Kier alpha value is -2.45. The van der Waals surface area contributed by atoms with Gasteiger partial charge >= 0.3 is 6.09 Å². The Bertz CT molecular complexity index is 1080. The molecule has 2 aromatic carbocycles. The zero-order chi connectivity index (χ0) is 22.3. The van der Waals surface area contributed by atoms with Crippen molar-refractivity contribution in [2.45, 2.75) is 48.0 Å². The van der Waals surface area contributed by atoms with Crippen molar-refractivity contribution in [1.29, 1.82) is 0 Å². The molecule has 2 aromatic rings. The number of amides is 1. The van der Waals surface area contributed by atoms with Gasteiger partial charge in [-0.3, -0.25) is 0 Å². The number of nitrogens with one attached hydrogen (secondary N) is 1. The monoisotopic (exact) mass is 453 g/mol. The van der Waals surface area contributed by atoms with Crippen molar-refractivity contribution in [2.75, 3.05) is 0 Å². The zero-order valence-electron chi connectivity index (χ0n) is 16.6. The molecular formula is C21H21ClFNO5S. The van der Waals surface area contributed by atoms with Crippen molar-refractivity contribution >= 4 is 33.8 Å². The smallest absolute Gasteiger partial charge is 0.408 e. The van der Waals surface area contributed by atoms with Crippen LogP contribution in [0.15, 0.2) is 53.4 Å². The third-order valence-corrected chi connectivity index (χ3v) is 7.29. The molecule has 0 aromatic heterocycles. The Morgan fingerprint density at radius 1 is 1.20 bits per heavy atom. The van der Waals surface area contributed by atoms with Gasteiger partial charge in [0.15, 0.2) is 9.84 Å². The molecule has 1 amide bonds. The van der Waals surface area contributed by atoms with Crippen LogP contribution in [0.4, 0.5) is 9.18 Å². The fourth-order valence-electron chi connectivity index (χ4n) is 3.53. The minimum Gasteiger partial charge on any atom is -0.444 e. The molecule has 0 spiro atoms. The summed E-state index contributed by atoms with van der Waals surface area (Å²) in [6, 6.07) is 10.8. The number of aldehydes is 1. The highest BCUT2D eigenvalue weighted by Crippen LogP contribution is 2.56. The summed E-state index contributed by atoms with van der Waals surface area (Å²) in [7, 11) is -4.08. The fraction of sp³-hybridized carbons (Fsp3) is 0.333. The van der Waals surface area contributed by atoms with Gasteiger partial charge in [-0.2, -0.15) is 0 Å². The minimum atomic E-state index is -4.08. The van der Waals surface area contributed by atoms with E-state index in [2.05, 4.69) is 5.32 Å². The van der Waals surface area contributed by atoms with Crippen LogP contribution < -0.4 is 5.32 Å². The van der Waals surface area contributed by atoms with Crippen LogP contribution in [0.2, 0.25) is 5.02 Å². The molecule has 1 N–H and O–H groups in total. The highest BCUT2D eigenvalue weighted by molar-refractivity contribution is 7.92. The molecule has 3 atom stereocenters. The first-order valence-electron chi connectivity index (χ1n) is 9.13. The van der Waals surface area contributed by atoms with Crippen molar-refractivity contribution in [3.05, 3.63) is 64.9 Å². The summed E-state index contributed by atoms with van der Waals surface area (Å²) < 4.78 is 45.7. The summed E-state index contributed by atoms with van der Waals surface area (Å²) in [5, 5.41) is 1.43. The largest absolute Gasteiger partial charge is 0.444 e. The van der Waals surface area contributed by atoms with Gasteiger partial charge in [0.05, 0.1) is 4.90 Å². The first-order chi connectivity index (χ1) is 13.9. The van der Waals surface area contributed by atoms with Gasteiger partial charge in [0.25, 0.3) is 0 Å². The third-order valence-electron chi connectivity index (χ3n) is 4.78. The maximum atomic E-state index is 13.8. The van der Waals surface area contributed by atoms with Crippen molar-refractivity contribution in [1.82, 2.24) is 5.32 Å². The highest BCUT2D eigenvalue weighted by Gasteiger charge is 2.73. The van der Waals surface area contributed by atoms with Gasteiger partial charge in [0.2, 0.25) is 0 Å². The van der Waals surface area contributed by atoms with E-state index in [4.69, 9.17) is 16.3 Å². The zero-order valence-corrected chi connectivity index (χ0v) is 18.1. The number of halogens is 2. The quantitative estimate of drug-likeness (QED) is 0.694. The van der Waals surface area contributed by atoms with E-state index >= 15 is 0 Å². The van der Waals surface area contributed by atoms with E-state index in [9.17, 15) is 22.4 Å². The highest BCUT2D eigenvalue weighted by atomic mass is 35.5. The number of hydrogen-bond acceptors (Lipinski definition) is 5. The van der Waals surface area contributed by atoms with Crippen LogP contribution in [0.25, 0.3) is 0 Å². The second kappa shape index (κ2) is 7.67. The number of sulfone groups is 1. The lowest BCUT2D eigenvalue weighted by atomic mass is 10.1. The van der Waals surface area contributed by atoms with Gasteiger partial charge in [-0.05, 0) is 62.7 Å². The number of carbonyl (C=O) groups is 2. The Kier molecular flexibility index (Phi) is 5.68. The van der Waals surface area contributed by atoms with E-state index in [1.54, 1.807) is 20.8 Å². The van der Waals surface area contributed by atoms with Gasteiger partial charge in [-0.25, -0.2) is 17.6 Å². The van der Waals surface area contributed by atoms with Crippen molar-refractivity contribution in [3.63, 3.8) is 0 Å². The van der Waals surface area contributed by atoms with Crippen molar-refractivity contribution in [3.8, 4) is 0 Å². The second-order valence-corrected chi connectivity index (χ2v) is 10.6. The molecule has 0 unspecified atom stereocenters. The molecule has 1 aliphatic rings. The number of ether oxygens (including phenoxy) is 1. The molecule has 6 nitrogen and oxygen atoms in total. The molecule has 0 saturated heterocycles. The Labute approximate surface area is 179 Å². The molecule has 0 heterocycles. The topological polar surface area (TPSA) is 89.5 Å². The van der Waals surface area contributed by atoms with Gasteiger partial charge in [-0.15, -0.1) is 0 Å². The predicted octanol–water partition coefficient (Wildman–Crippen LogP) is 3.88. The van der Waals surface area contributed by atoms with Crippen molar-refractivity contribution < 1.29 is 27.1 Å². The number of rotatable bonds is 5. The van der Waals surface area contributed by atoms with E-state index in [0.29, 0.717) is 11.3 Å². The number of alkyl carbamates (subject to hydrolysis) is 1. The van der Waals surface area contributed by atoms with Crippen LogP contribution in [0, 0.1) is 5.82 Å². The predicted molar refractivity (Wildman–Crippen MR) is 110 cm³/mol. The molecular weight excluding hydrogens is 433 g/mol. The summed E-state index contributed by atoms with van der Waals surface area (Å²) >= 11 is 5.85. The van der Waals surface area contributed by atoms with Crippen molar-refractivity contribution in [2.24, 2.45) is 0 Å². The molecule has 3 rings (SSSR count). The van der Waals surface area contributed by atoms with E-state index in [1.165, 1.54) is 42.5 Å². The van der Waals surface area contributed by atoms with E-state index < -0.39 is 44.1 Å². The standard InChI is InChI=1S/C21H21ClFNO5S/c1-20(2,3)29-19(26)24-21(12-25)17(13-5-4-6-15(23)11-13)18(21)30(27,28)16-9-7-14(22)8-10-16/h4-12,17-18H,1-3H3,(H,24,26)/t17-,18-,21-/m0/s1. The summed E-state index contributed by atoms with van der Waals surface area (Å²) in [5.74, 6) is -1.57. The maximum Gasteiger partial charge on any atom is 0.408 e. The summed E-state index contributed by atoms with van der Waals surface area (Å²) in [5.41, 5.74) is -2.38. The Balaban J connectivity index is 2.06. The van der Waals surface area contributed by atoms with Gasteiger partial charge in [0.1, 0.15) is 28.5 Å². The average Bonchev–Trinajstić information content (AvgIpc) is 3.30. The third kappa shape index (κ3) is 4.20. The summed E-state index contributed by atoms with van der Waals surface area (Å²) in [4.78, 5) is 24.5. The molecule has 1 fully saturated rings. The van der Waals surface area contributed by atoms with Crippen LogP contribution in [-0.4, -0.2) is 37.2 Å². The Morgan fingerprint density at radius 3 is 2.37 bits per heavy atom. The molecule has 0 aliphatic heterocycles. The summed E-state index contributed by atoms with van der Waals surface area (Å²) in [6.45, 7) is 4.91. The lowest BCUT2D eigenvalue weighted by Crippen LogP contribution is -2.45.